The van der Waals surface area contributed by atoms with E-state index in [2.05, 4.69) is 69.4 Å². The fourth-order valence-electron chi connectivity index (χ4n) is 6.37. The van der Waals surface area contributed by atoms with Gasteiger partial charge in [-0.25, -0.2) is 14.2 Å². The number of amidine groups is 1. The summed E-state index contributed by atoms with van der Waals surface area (Å²) in [5, 5.41) is 8.03. The molecule has 216 valence electrons. The van der Waals surface area contributed by atoms with Crippen LogP contribution in [0.2, 0.25) is 0 Å². The van der Waals surface area contributed by atoms with Crippen molar-refractivity contribution < 1.29 is 8.95 Å². The van der Waals surface area contributed by atoms with Gasteiger partial charge in [0.15, 0.2) is 5.84 Å². The topological polar surface area (TPSA) is 113 Å². The first-order valence-electron chi connectivity index (χ1n) is 14.1. The zero-order valence-corrected chi connectivity index (χ0v) is 25.2. The van der Waals surface area contributed by atoms with Crippen molar-refractivity contribution >= 4 is 33.0 Å². The molecule has 0 amide bonds. The molecule has 0 spiro atoms. The van der Waals surface area contributed by atoms with Gasteiger partial charge in [0.2, 0.25) is 5.95 Å². The van der Waals surface area contributed by atoms with Gasteiger partial charge >= 0.3 is 0 Å². The second-order valence-electron chi connectivity index (χ2n) is 12.8. The van der Waals surface area contributed by atoms with Gasteiger partial charge in [-0.3, -0.25) is 4.68 Å². The third-order valence-corrected chi connectivity index (χ3v) is 9.22. The molecule has 12 heteroatoms. The number of hydrogen-bond donors (Lipinski definition) is 1. The van der Waals surface area contributed by atoms with E-state index in [1.807, 2.05) is 18.5 Å². The Labute approximate surface area is 237 Å². The highest BCUT2D eigenvalue weighted by Gasteiger charge is 2.56. The molecule has 1 unspecified atom stereocenters. The number of nitrogens with zero attached hydrogens (tertiary/aromatic N) is 8. The average Bonchev–Trinajstić information content (AvgIpc) is 3.43. The van der Waals surface area contributed by atoms with E-state index in [0.717, 1.165) is 55.8 Å². The second-order valence-corrected chi connectivity index (χ2v) is 15.3. The van der Waals surface area contributed by atoms with Crippen LogP contribution in [0.5, 0.6) is 0 Å². The highest BCUT2D eigenvalue weighted by Crippen LogP contribution is 2.52. The van der Waals surface area contributed by atoms with E-state index >= 15 is 0 Å². The Morgan fingerprint density at radius 3 is 2.70 bits per heavy atom. The van der Waals surface area contributed by atoms with Gasteiger partial charge in [-0.1, -0.05) is 13.0 Å². The smallest absolute Gasteiger partial charge is 0.229 e. The zero-order chi connectivity index (χ0) is 28.3. The van der Waals surface area contributed by atoms with Crippen molar-refractivity contribution in [2.45, 2.75) is 75.7 Å². The molecule has 4 aliphatic heterocycles. The fraction of sp³-hybridized carbons (Fsp3) is 0.643. The van der Waals surface area contributed by atoms with Gasteiger partial charge in [0.1, 0.15) is 12.0 Å². The van der Waals surface area contributed by atoms with Gasteiger partial charge in [-0.2, -0.15) is 14.4 Å². The number of aromatic nitrogens is 4. The van der Waals surface area contributed by atoms with Crippen LogP contribution in [-0.2, 0) is 19.9 Å². The minimum Gasteiger partial charge on any atom is -0.374 e. The molecule has 6 heterocycles. The second kappa shape index (κ2) is 9.92. The average molecular weight is 568 g/mol. The maximum Gasteiger partial charge on any atom is 0.229 e. The molecule has 1 N–H and O–H groups in total. The summed E-state index contributed by atoms with van der Waals surface area (Å²) in [4.78, 5) is 19.5. The summed E-state index contributed by atoms with van der Waals surface area (Å²) in [7, 11) is -0.160. The number of anilines is 3. The van der Waals surface area contributed by atoms with E-state index < -0.39 is 9.73 Å². The first kappa shape index (κ1) is 27.3. The van der Waals surface area contributed by atoms with E-state index in [4.69, 9.17) is 19.7 Å². The summed E-state index contributed by atoms with van der Waals surface area (Å²) >= 11 is 0. The van der Waals surface area contributed by atoms with Gasteiger partial charge in [0.25, 0.3) is 0 Å². The monoisotopic (exact) mass is 567 g/mol. The lowest BCUT2D eigenvalue weighted by atomic mass is 9.73. The van der Waals surface area contributed by atoms with E-state index in [-0.39, 0.29) is 23.2 Å². The molecule has 40 heavy (non-hydrogen) atoms. The highest BCUT2D eigenvalue weighted by molar-refractivity contribution is 7.92. The Hall–Kier alpha value is -2.83. The van der Waals surface area contributed by atoms with Crippen LogP contribution in [0, 0.1) is 0 Å². The molecule has 4 aliphatic rings. The molecule has 11 nitrogen and oxygen atoms in total. The van der Waals surface area contributed by atoms with Crippen LogP contribution in [0.3, 0.4) is 0 Å². The van der Waals surface area contributed by atoms with E-state index in [1.165, 1.54) is 0 Å². The molecule has 0 radical (unpaired) electrons. The van der Waals surface area contributed by atoms with Gasteiger partial charge in [0, 0.05) is 58.1 Å². The van der Waals surface area contributed by atoms with Crippen molar-refractivity contribution in [1.82, 2.24) is 24.6 Å². The molecular formula is C28H41N9O2S. The van der Waals surface area contributed by atoms with Crippen LogP contribution in [-0.4, -0.2) is 91.8 Å². The number of dihydropyridines is 1. The largest absolute Gasteiger partial charge is 0.374 e. The Morgan fingerprint density at radius 1 is 1.18 bits per heavy atom. The number of aliphatic imine (C=N–C) groups is 1. The fourth-order valence-corrected chi connectivity index (χ4v) is 6.93. The Morgan fingerprint density at radius 2 is 1.95 bits per heavy atom. The Bertz CT molecular complexity index is 1460. The SMILES string of the molecule is CN1CCC(n2cc(Nc3ncc4c(n3)N(C3CC=CC(N=S(C)(C)=O)=N3)[C@H]3CC(C)(C)OC[C@@]43C)cn2)CC1. The number of fused-ring (bicyclic) bond motifs is 3. The molecule has 2 fully saturated rings. The van der Waals surface area contributed by atoms with Crippen molar-refractivity contribution in [2.75, 3.05) is 49.5 Å². The van der Waals surface area contributed by atoms with Crippen LogP contribution in [0.15, 0.2) is 40.1 Å². The number of piperidine rings is 1. The maximum absolute atomic E-state index is 12.4. The summed E-state index contributed by atoms with van der Waals surface area (Å²) in [6.07, 6.45) is 16.6. The summed E-state index contributed by atoms with van der Waals surface area (Å²) in [5.74, 6) is 1.91. The summed E-state index contributed by atoms with van der Waals surface area (Å²) in [6, 6.07) is 0.532. The first-order chi connectivity index (χ1) is 18.9. The third-order valence-electron chi connectivity index (χ3n) is 8.60. The molecule has 0 aromatic carbocycles. The summed E-state index contributed by atoms with van der Waals surface area (Å²) in [6.45, 7) is 9.27. The molecule has 2 aromatic heterocycles. The van der Waals surface area contributed by atoms with Crippen LogP contribution in [0.4, 0.5) is 17.5 Å². The standard InChI is InChI=1S/C28H41N9O2S/c1-27(2)14-22-28(3,18-39-27)21-16-29-26(31-19-15-30-36(17-19)20-10-12-35(4)13-11-20)33-25(21)37(22)24-9-7-8-23(32-24)34-40(5,6)38/h7-8,15-17,20,22,24H,9-14,18H2,1-6H3,(H,29,31,33)/t22-,24?,28-/m0/s1. The normalized spacial score (nSPS) is 28.6. The lowest BCUT2D eigenvalue weighted by Crippen LogP contribution is -2.57. The van der Waals surface area contributed by atoms with Gasteiger partial charge in [-0.05, 0) is 59.3 Å². The Balaban J connectivity index is 1.33. The van der Waals surface area contributed by atoms with Gasteiger partial charge in [0.05, 0.1) is 30.1 Å². The van der Waals surface area contributed by atoms with Crippen LogP contribution in [0.25, 0.3) is 0 Å². The number of likely N-dealkylation sites (tertiary alicyclic amines) is 1. The first-order valence-corrected chi connectivity index (χ1v) is 16.4. The molecule has 2 aromatic rings. The van der Waals surface area contributed by atoms with E-state index in [1.54, 1.807) is 12.5 Å². The van der Waals surface area contributed by atoms with Gasteiger partial charge < -0.3 is 19.9 Å². The quantitative estimate of drug-likeness (QED) is 0.595. The van der Waals surface area contributed by atoms with Crippen LogP contribution in [0.1, 0.15) is 58.1 Å². The minimum absolute atomic E-state index is 0.122. The lowest BCUT2D eigenvalue weighted by Gasteiger charge is -2.47. The minimum atomic E-state index is -2.33. The predicted molar refractivity (Wildman–Crippen MR) is 159 cm³/mol. The highest BCUT2D eigenvalue weighted by atomic mass is 32.2. The van der Waals surface area contributed by atoms with Crippen molar-refractivity contribution in [3.05, 3.63) is 36.3 Å². The van der Waals surface area contributed by atoms with Crippen molar-refractivity contribution in [3.8, 4) is 0 Å². The molecule has 0 bridgehead atoms. The number of ether oxygens (including phenoxy) is 1. The molecule has 0 saturated carbocycles. The molecule has 3 atom stereocenters. The number of nitrogens with one attached hydrogen (secondary N) is 1. The van der Waals surface area contributed by atoms with E-state index in [0.29, 0.717) is 24.4 Å². The number of rotatable bonds is 4. The van der Waals surface area contributed by atoms with E-state index in [9.17, 15) is 4.21 Å². The molecule has 6 rings (SSSR count). The molecular weight excluding hydrogens is 526 g/mol. The molecule has 0 aliphatic carbocycles. The Kier molecular flexibility index (Phi) is 6.78. The van der Waals surface area contributed by atoms with Crippen LogP contribution >= 0.6 is 0 Å². The third kappa shape index (κ3) is 5.28. The lowest BCUT2D eigenvalue weighted by molar-refractivity contribution is -0.0911. The summed E-state index contributed by atoms with van der Waals surface area (Å²) in [5.41, 5.74) is 1.39. The van der Waals surface area contributed by atoms with Crippen LogP contribution < -0.4 is 10.2 Å². The van der Waals surface area contributed by atoms with Gasteiger partial charge in [-0.15, -0.1) is 0 Å². The van der Waals surface area contributed by atoms with Crippen molar-refractivity contribution in [2.24, 2.45) is 9.36 Å². The summed E-state index contributed by atoms with van der Waals surface area (Å²) < 4.78 is 25.2. The van der Waals surface area contributed by atoms with Crippen molar-refractivity contribution in [3.63, 3.8) is 0 Å². The zero-order valence-electron chi connectivity index (χ0n) is 24.4. The number of hydrogen-bond acceptors (Lipinski definition) is 10. The maximum atomic E-state index is 12.4. The molecule has 2 saturated heterocycles. The van der Waals surface area contributed by atoms with Crippen molar-refractivity contribution in [1.29, 1.82) is 0 Å². The predicted octanol–water partition coefficient (Wildman–Crippen LogP) is 3.74.